The minimum absolute atomic E-state index is 0.00297. The van der Waals surface area contributed by atoms with Gasteiger partial charge in [-0.05, 0) is 23.3 Å². The topological polar surface area (TPSA) is 160 Å². The van der Waals surface area contributed by atoms with Crippen molar-refractivity contribution >= 4 is 47.2 Å². The van der Waals surface area contributed by atoms with Crippen molar-refractivity contribution in [1.29, 1.82) is 0 Å². The van der Waals surface area contributed by atoms with Crippen LogP contribution in [0.15, 0.2) is 40.4 Å². The molecule has 1 aromatic carbocycles. The molecule has 2 unspecified atom stereocenters. The number of carboxylic acids is 1. The third-order valence-corrected chi connectivity index (χ3v) is 7.95. The molecular weight excluding hydrogens is 520 g/mol. The van der Waals surface area contributed by atoms with Crippen LogP contribution in [0.3, 0.4) is 0 Å². The van der Waals surface area contributed by atoms with Crippen molar-refractivity contribution in [3.8, 4) is 0 Å². The first-order valence-corrected chi connectivity index (χ1v) is 13.9. The Balaban J connectivity index is 1.44. The molecule has 37 heavy (non-hydrogen) atoms. The Labute approximate surface area is 223 Å². The molecule has 0 spiro atoms. The number of amides is 3. The zero-order valence-corrected chi connectivity index (χ0v) is 22.2. The van der Waals surface area contributed by atoms with E-state index >= 15 is 0 Å². The molecule has 0 aliphatic carbocycles. The zero-order chi connectivity index (χ0) is 26.8. The van der Waals surface area contributed by atoms with Crippen LogP contribution in [0.1, 0.15) is 12.5 Å². The number of fused-ring (bicyclic) bond motifs is 1. The van der Waals surface area contributed by atoms with Gasteiger partial charge in [0.1, 0.15) is 17.1 Å². The van der Waals surface area contributed by atoms with E-state index in [-0.39, 0.29) is 23.9 Å². The lowest BCUT2D eigenvalue weighted by Crippen LogP contribution is -2.70. The van der Waals surface area contributed by atoms with E-state index in [1.165, 1.54) is 35.3 Å². The Morgan fingerprint density at radius 3 is 2.51 bits per heavy atom. The average molecular weight is 553 g/mol. The summed E-state index contributed by atoms with van der Waals surface area (Å²) in [6, 6.07) is 6.81. The van der Waals surface area contributed by atoms with Crippen LogP contribution in [0, 0.1) is 0 Å². The van der Waals surface area contributed by atoms with Gasteiger partial charge in [0, 0.05) is 36.4 Å². The summed E-state index contributed by atoms with van der Waals surface area (Å²) in [7, 11) is 0. The van der Waals surface area contributed by atoms with E-state index in [1.807, 2.05) is 24.3 Å². The molecule has 2 atom stereocenters. The van der Waals surface area contributed by atoms with Gasteiger partial charge in [-0.15, -0.1) is 23.5 Å². The molecule has 3 rings (SSSR count). The Bertz CT molecular complexity index is 1020. The molecule has 2 aliphatic rings. The van der Waals surface area contributed by atoms with E-state index in [0.717, 1.165) is 10.5 Å². The number of ether oxygens (including phenoxy) is 2. The molecule has 2 aliphatic heterocycles. The lowest BCUT2D eigenvalue weighted by molar-refractivity contribution is -0.150. The van der Waals surface area contributed by atoms with Gasteiger partial charge in [0.15, 0.2) is 0 Å². The van der Waals surface area contributed by atoms with Crippen molar-refractivity contribution < 1.29 is 33.8 Å². The second-order valence-corrected chi connectivity index (χ2v) is 10.5. The van der Waals surface area contributed by atoms with Crippen LogP contribution in [0.5, 0.6) is 0 Å². The Morgan fingerprint density at radius 2 is 1.86 bits per heavy atom. The second-order valence-electron chi connectivity index (χ2n) is 8.32. The number of rotatable bonds is 15. The molecule has 5 N–H and O–H groups in total. The van der Waals surface area contributed by atoms with Crippen LogP contribution in [0.2, 0.25) is 0 Å². The maximum Gasteiger partial charge on any atom is 0.352 e. The average Bonchev–Trinajstić information content (AvgIpc) is 2.87. The van der Waals surface area contributed by atoms with E-state index < -0.39 is 23.3 Å². The summed E-state index contributed by atoms with van der Waals surface area (Å²) in [6.45, 7) is 4.04. The molecule has 2 heterocycles. The highest BCUT2D eigenvalue weighted by atomic mass is 32.2. The normalized spacial score (nSPS) is 18.8. The van der Waals surface area contributed by atoms with E-state index in [2.05, 4.69) is 10.6 Å². The molecule has 0 aromatic heterocycles. The van der Waals surface area contributed by atoms with Crippen molar-refractivity contribution in [2.45, 2.75) is 29.7 Å². The van der Waals surface area contributed by atoms with Crippen LogP contribution < -0.4 is 16.4 Å². The van der Waals surface area contributed by atoms with Crippen molar-refractivity contribution in [2.24, 2.45) is 5.73 Å². The molecule has 13 heteroatoms. The highest BCUT2D eigenvalue weighted by Gasteiger charge is 2.53. The number of hydrogen-bond acceptors (Lipinski definition) is 9. The van der Waals surface area contributed by atoms with Crippen LogP contribution in [0.25, 0.3) is 0 Å². The summed E-state index contributed by atoms with van der Waals surface area (Å²) < 4.78 is 10.6. The van der Waals surface area contributed by atoms with Gasteiger partial charge in [0.2, 0.25) is 11.8 Å². The second kappa shape index (κ2) is 14.4. The predicted molar refractivity (Wildman–Crippen MR) is 140 cm³/mol. The van der Waals surface area contributed by atoms with Crippen molar-refractivity contribution in [3.63, 3.8) is 0 Å². The van der Waals surface area contributed by atoms with Gasteiger partial charge < -0.3 is 30.9 Å². The lowest BCUT2D eigenvalue weighted by atomic mass is 10.0. The maximum absolute atomic E-state index is 12.5. The molecule has 1 aromatic rings. The van der Waals surface area contributed by atoms with Gasteiger partial charge in [-0.25, -0.2) is 4.79 Å². The third kappa shape index (κ3) is 8.20. The smallest absolute Gasteiger partial charge is 0.352 e. The van der Waals surface area contributed by atoms with Gasteiger partial charge >= 0.3 is 5.97 Å². The number of benzene rings is 1. The standard InChI is InChI=1S/C24H32N4O7S2/c1-15(29)27-20-22(31)28-21(24(32)33)17(14-37-23(20)28)13-36-18-4-2-16(3-5-18)12-19(30)26-7-9-35-11-10-34-8-6-25/h2-5,20,23H,6-14,25H2,1H3,(H,26,30)(H,27,29)(H,32,33). The van der Waals surface area contributed by atoms with Crippen LogP contribution in [-0.4, -0.2) is 96.1 Å². The summed E-state index contributed by atoms with van der Waals surface area (Å²) in [4.78, 5) is 50.1. The van der Waals surface area contributed by atoms with Gasteiger partial charge in [0.05, 0.1) is 32.8 Å². The van der Waals surface area contributed by atoms with Crippen molar-refractivity contribution in [2.75, 3.05) is 51.0 Å². The molecule has 11 nitrogen and oxygen atoms in total. The molecule has 3 amide bonds. The number of β-lactam (4-membered cyclic amide) rings is 1. The van der Waals surface area contributed by atoms with Crippen molar-refractivity contribution in [3.05, 3.63) is 41.1 Å². The third-order valence-electron chi connectivity index (χ3n) is 5.51. The molecule has 1 fully saturated rings. The molecule has 1 saturated heterocycles. The van der Waals surface area contributed by atoms with Crippen LogP contribution >= 0.6 is 23.5 Å². The molecule has 0 bridgehead atoms. The summed E-state index contributed by atoms with van der Waals surface area (Å²) in [5.41, 5.74) is 6.84. The first-order chi connectivity index (χ1) is 17.8. The number of aliphatic carboxylic acids is 1. The lowest BCUT2D eigenvalue weighted by Gasteiger charge is -2.49. The summed E-state index contributed by atoms with van der Waals surface area (Å²) in [5, 5.41) is 14.8. The first-order valence-electron chi connectivity index (χ1n) is 11.8. The molecular formula is C24H32N4O7S2. The van der Waals surface area contributed by atoms with E-state index in [9.17, 15) is 24.3 Å². The van der Waals surface area contributed by atoms with Gasteiger partial charge in [-0.1, -0.05) is 12.1 Å². The van der Waals surface area contributed by atoms with E-state index in [4.69, 9.17) is 15.2 Å². The fraction of sp³-hybridized carbons (Fsp3) is 0.500. The van der Waals surface area contributed by atoms with Crippen molar-refractivity contribution in [1.82, 2.24) is 15.5 Å². The van der Waals surface area contributed by atoms with Gasteiger partial charge in [-0.3, -0.25) is 19.3 Å². The Hall–Kier alpha value is -2.58. The highest BCUT2D eigenvalue weighted by Crippen LogP contribution is 2.41. The van der Waals surface area contributed by atoms with Crippen LogP contribution in [0.4, 0.5) is 0 Å². The maximum atomic E-state index is 12.5. The number of carbonyl (C=O) groups excluding carboxylic acids is 3. The molecule has 0 saturated carbocycles. The van der Waals surface area contributed by atoms with E-state index in [1.54, 1.807) is 0 Å². The Morgan fingerprint density at radius 1 is 1.16 bits per heavy atom. The number of carbonyl (C=O) groups is 4. The number of nitrogens with zero attached hydrogens (tertiary/aromatic N) is 1. The zero-order valence-electron chi connectivity index (χ0n) is 20.6. The van der Waals surface area contributed by atoms with Gasteiger partial charge in [-0.2, -0.15) is 0 Å². The summed E-state index contributed by atoms with van der Waals surface area (Å²) in [5.74, 6) is -1.11. The fourth-order valence-corrected chi connectivity index (χ4v) is 6.19. The number of thioether (sulfide) groups is 2. The van der Waals surface area contributed by atoms with E-state index in [0.29, 0.717) is 56.6 Å². The fourth-order valence-electron chi connectivity index (χ4n) is 3.80. The summed E-state index contributed by atoms with van der Waals surface area (Å²) in [6.07, 6.45) is 0.240. The monoisotopic (exact) mass is 552 g/mol. The number of nitrogens with one attached hydrogen (secondary N) is 2. The first kappa shape index (κ1) is 29.0. The molecule has 0 radical (unpaired) electrons. The summed E-state index contributed by atoms with van der Waals surface area (Å²) >= 11 is 2.91. The van der Waals surface area contributed by atoms with Gasteiger partial charge in [0.25, 0.3) is 5.91 Å². The number of carboxylic acid groups (broad SMARTS) is 1. The SMILES string of the molecule is CC(=O)NC1C(=O)N2C(C(=O)O)=C(CSc3ccc(CC(=O)NCCOCCOCCN)cc3)CSC12. The highest BCUT2D eigenvalue weighted by molar-refractivity contribution is 8.01. The largest absolute Gasteiger partial charge is 0.477 e. The Kier molecular flexibility index (Phi) is 11.3. The number of nitrogens with two attached hydrogens (primary N) is 1. The minimum atomic E-state index is -1.15. The number of hydrogen-bond donors (Lipinski definition) is 4. The quantitative estimate of drug-likeness (QED) is 0.134. The van der Waals surface area contributed by atoms with Crippen LogP contribution in [-0.2, 0) is 35.1 Å². The minimum Gasteiger partial charge on any atom is -0.477 e. The molecule has 202 valence electrons. The predicted octanol–water partition coefficient (Wildman–Crippen LogP) is 0.188.